The smallest absolute Gasteiger partial charge is 0.154 e. The summed E-state index contributed by atoms with van der Waals surface area (Å²) in [6.07, 6.45) is 10.3. The van der Waals surface area contributed by atoms with Crippen molar-refractivity contribution in [3.05, 3.63) is 23.3 Å². The fraction of sp³-hybridized carbons (Fsp3) is 0.600. The van der Waals surface area contributed by atoms with Crippen molar-refractivity contribution >= 4 is 35.2 Å². The molecule has 0 fully saturated rings. The second-order valence-corrected chi connectivity index (χ2v) is 8.78. The summed E-state index contributed by atoms with van der Waals surface area (Å²) in [6, 6.07) is 4.30. The van der Waals surface area contributed by atoms with Crippen molar-refractivity contribution in [2.24, 2.45) is 10.7 Å². The normalized spacial score (nSPS) is 13.2. The highest BCUT2D eigenvalue weighted by molar-refractivity contribution is 8.02. The Balaban J connectivity index is 2.03. The van der Waals surface area contributed by atoms with E-state index in [1.807, 2.05) is 23.5 Å². The van der Waals surface area contributed by atoms with Crippen LogP contribution in [0.15, 0.2) is 26.9 Å². The van der Waals surface area contributed by atoms with Crippen LogP contribution >= 0.6 is 23.5 Å². The van der Waals surface area contributed by atoms with E-state index in [0.717, 1.165) is 22.6 Å². The fourth-order valence-corrected chi connectivity index (χ4v) is 5.15. The molecule has 0 bridgehead atoms. The predicted molar refractivity (Wildman–Crippen MR) is 114 cm³/mol. The minimum atomic E-state index is 0.305. The summed E-state index contributed by atoms with van der Waals surface area (Å²) in [5, 5.41) is 8.03. The van der Waals surface area contributed by atoms with Gasteiger partial charge in [-0.15, -0.1) is 23.5 Å². The number of rotatable bonds is 12. The number of unbranched alkanes of at least 4 members (excludes halogenated alkanes) is 6. The molecule has 0 saturated heterocycles. The summed E-state index contributed by atoms with van der Waals surface area (Å²) in [7, 11) is 0. The lowest BCUT2D eigenvalue weighted by atomic mass is 10.1. The second-order valence-electron chi connectivity index (χ2n) is 6.51. The summed E-state index contributed by atoms with van der Waals surface area (Å²) in [4.78, 5) is 6.75. The van der Waals surface area contributed by atoms with E-state index in [0.29, 0.717) is 11.7 Å². The third-order valence-corrected chi connectivity index (χ3v) is 6.77. The van der Waals surface area contributed by atoms with Gasteiger partial charge < -0.3 is 5.73 Å². The number of nitrogens with zero attached hydrogens (tertiary/aromatic N) is 1. The first kappa shape index (κ1) is 20.4. The minimum Gasteiger partial charge on any atom is -0.383 e. The summed E-state index contributed by atoms with van der Waals surface area (Å²) in [5.74, 6) is 3.09. The van der Waals surface area contributed by atoms with Gasteiger partial charge in [0.25, 0.3) is 0 Å². The molecule has 0 aromatic heterocycles. The maximum Gasteiger partial charge on any atom is 0.154 e. The molecule has 2 rings (SSSR count). The number of amidine groups is 2. The molecular weight excluding hydrogens is 346 g/mol. The van der Waals surface area contributed by atoms with E-state index in [1.54, 1.807) is 0 Å². The van der Waals surface area contributed by atoms with Crippen LogP contribution in [0.1, 0.15) is 76.3 Å². The predicted octanol–water partition coefficient (Wildman–Crippen LogP) is 6.08. The zero-order valence-electron chi connectivity index (χ0n) is 15.6. The summed E-state index contributed by atoms with van der Waals surface area (Å²) in [5.41, 5.74) is 7.83. The van der Waals surface area contributed by atoms with E-state index < -0.39 is 0 Å². The van der Waals surface area contributed by atoms with Crippen LogP contribution < -0.4 is 5.73 Å². The topological polar surface area (TPSA) is 62.2 Å². The SMILES string of the molecule is CCCCCCSc1cc2c(cc1SCCCCCC)C(N)=NC2=N. The molecule has 1 aromatic rings. The molecule has 5 heteroatoms. The first-order valence-electron chi connectivity index (χ1n) is 9.54. The summed E-state index contributed by atoms with van der Waals surface area (Å²) >= 11 is 3.86. The molecule has 0 spiro atoms. The van der Waals surface area contributed by atoms with Gasteiger partial charge in [0.1, 0.15) is 5.84 Å². The molecule has 0 saturated carbocycles. The van der Waals surface area contributed by atoms with Crippen LogP contribution in [-0.4, -0.2) is 23.2 Å². The molecule has 3 N–H and O–H groups in total. The highest BCUT2D eigenvalue weighted by atomic mass is 32.2. The summed E-state index contributed by atoms with van der Waals surface area (Å²) < 4.78 is 0. The van der Waals surface area contributed by atoms with Gasteiger partial charge >= 0.3 is 0 Å². The third kappa shape index (κ3) is 6.07. The number of hydrogen-bond acceptors (Lipinski definition) is 4. The second kappa shape index (κ2) is 10.9. The third-order valence-electron chi connectivity index (χ3n) is 4.36. The van der Waals surface area contributed by atoms with Gasteiger partial charge in [-0.3, -0.25) is 5.41 Å². The Morgan fingerprint density at radius 1 is 0.840 bits per heavy atom. The number of hydrogen-bond donors (Lipinski definition) is 2. The van der Waals surface area contributed by atoms with E-state index in [4.69, 9.17) is 11.1 Å². The maximum absolute atomic E-state index is 8.03. The Morgan fingerprint density at radius 3 is 1.88 bits per heavy atom. The molecule has 0 atom stereocenters. The largest absolute Gasteiger partial charge is 0.383 e. The van der Waals surface area contributed by atoms with Crippen LogP contribution in [-0.2, 0) is 0 Å². The van der Waals surface area contributed by atoms with Gasteiger partial charge in [-0.25, -0.2) is 4.99 Å². The van der Waals surface area contributed by atoms with Crippen molar-refractivity contribution in [1.82, 2.24) is 0 Å². The van der Waals surface area contributed by atoms with Gasteiger partial charge in [0.15, 0.2) is 5.84 Å². The Bertz CT molecular complexity index is 611. The van der Waals surface area contributed by atoms with Gasteiger partial charge in [0, 0.05) is 20.9 Å². The van der Waals surface area contributed by atoms with E-state index in [1.165, 1.54) is 61.2 Å². The number of nitrogens with two attached hydrogens (primary N) is 1. The molecule has 1 aliphatic heterocycles. The molecule has 0 amide bonds. The highest BCUT2D eigenvalue weighted by Crippen LogP contribution is 2.36. The number of nitrogens with one attached hydrogen (secondary N) is 1. The van der Waals surface area contributed by atoms with Gasteiger partial charge in [0.05, 0.1) is 0 Å². The lowest BCUT2D eigenvalue weighted by molar-refractivity contribution is 0.706. The Kier molecular flexibility index (Phi) is 8.90. The van der Waals surface area contributed by atoms with Crippen molar-refractivity contribution in [2.45, 2.75) is 75.0 Å². The first-order chi connectivity index (χ1) is 12.2. The van der Waals surface area contributed by atoms with Crippen LogP contribution in [0.25, 0.3) is 0 Å². The van der Waals surface area contributed by atoms with Crippen molar-refractivity contribution in [3.8, 4) is 0 Å². The van der Waals surface area contributed by atoms with Gasteiger partial charge in [0.2, 0.25) is 0 Å². The van der Waals surface area contributed by atoms with Crippen LogP contribution in [0, 0.1) is 5.41 Å². The molecule has 1 aromatic carbocycles. The van der Waals surface area contributed by atoms with Gasteiger partial charge in [-0.1, -0.05) is 52.4 Å². The van der Waals surface area contributed by atoms with E-state index >= 15 is 0 Å². The van der Waals surface area contributed by atoms with E-state index in [9.17, 15) is 0 Å². The monoisotopic (exact) mass is 377 g/mol. The average molecular weight is 378 g/mol. The fourth-order valence-electron chi connectivity index (χ4n) is 2.86. The minimum absolute atomic E-state index is 0.305. The van der Waals surface area contributed by atoms with E-state index in [2.05, 4.69) is 31.0 Å². The molecule has 1 aliphatic rings. The number of aliphatic imine (C=N–C) groups is 1. The molecular formula is C20H31N3S2. The molecule has 0 aliphatic carbocycles. The van der Waals surface area contributed by atoms with Crippen molar-refractivity contribution in [3.63, 3.8) is 0 Å². The van der Waals surface area contributed by atoms with Crippen LogP contribution in [0.5, 0.6) is 0 Å². The molecule has 138 valence electrons. The van der Waals surface area contributed by atoms with Crippen LogP contribution in [0.3, 0.4) is 0 Å². The number of benzene rings is 1. The molecule has 0 unspecified atom stereocenters. The zero-order chi connectivity index (χ0) is 18.1. The number of fused-ring (bicyclic) bond motifs is 1. The van der Waals surface area contributed by atoms with Crippen molar-refractivity contribution in [1.29, 1.82) is 5.41 Å². The molecule has 3 nitrogen and oxygen atoms in total. The lowest BCUT2D eigenvalue weighted by Gasteiger charge is -2.12. The van der Waals surface area contributed by atoms with Crippen LogP contribution in [0.4, 0.5) is 0 Å². The zero-order valence-corrected chi connectivity index (χ0v) is 17.2. The average Bonchev–Trinajstić information content (AvgIpc) is 2.88. The van der Waals surface area contributed by atoms with Crippen molar-refractivity contribution in [2.75, 3.05) is 11.5 Å². The first-order valence-corrected chi connectivity index (χ1v) is 11.5. The molecule has 0 radical (unpaired) electrons. The Morgan fingerprint density at radius 2 is 1.36 bits per heavy atom. The van der Waals surface area contributed by atoms with Gasteiger partial charge in [-0.2, -0.15) is 0 Å². The lowest BCUT2D eigenvalue weighted by Crippen LogP contribution is -2.10. The highest BCUT2D eigenvalue weighted by Gasteiger charge is 2.21. The summed E-state index contributed by atoms with van der Waals surface area (Å²) in [6.45, 7) is 4.49. The van der Waals surface area contributed by atoms with Crippen LogP contribution in [0.2, 0.25) is 0 Å². The van der Waals surface area contributed by atoms with Crippen molar-refractivity contribution < 1.29 is 0 Å². The maximum atomic E-state index is 8.03. The van der Waals surface area contributed by atoms with Gasteiger partial charge in [-0.05, 0) is 36.5 Å². The van der Waals surface area contributed by atoms with E-state index in [-0.39, 0.29) is 0 Å². The quantitative estimate of drug-likeness (QED) is 0.343. The molecule has 25 heavy (non-hydrogen) atoms. The Labute approximate surface area is 161 Å². The standard InChI is InChI=1S/C20H31N3S2/c1-3-5-7-9-11-24-17-13-15-16(20(22)23-19(15)21)14-18(17)25-12-10-8-6-4-2/h13-14H,3-12H2,1-2H3,(H3,21,22,23). The Hall–Kier alpha value is -0.940. The number of thioether (sulfide) groups is 2. The molecule has 1 heterocycles.